The lowest BCUT2D eigenvalue weighted by Gasteiger charge is -2.19. The molecule has 54 heavy (non-hydrogen) atoms. The largest absolute Gasteiger partial charge is 0.463 e. The van der Waals surface area contributed by atoms with E-state index >= 15 is 0 Å². The number of urea groups is 1. The summed E-state index contributed by atoms with van der Waals surface area (Å²) in [4.78, 5) is 39.9. The van der Waals surface area contributed by atoms with Crippen LogP contribution in [0.15, 0.2) is 101 Å². The van der Waals surface area contributed by atoms with Crippen LogP contribution in [0.3, 0.4) is 0 Å². The molecule has 16 heteroatoms. The Balaban J connectivity index is 0.000000184. The first-order valence-corrected chi connectivity index (χ1v) is 17.2. The summed E-state index contributed by atoms with van der Waals surface area (Å²) >= 11 is 0. The van der Waals surface area contributed by atoms with Gasteiger partial charge >= 0.3 is 12.2 Å². The molecule has 0 aliphatic carbocycles. The minimum Gasteiger partial charge on any atom is -0.463 e. The maximum atomic E-state index is 13.1. The molecule has 4 aromatic rings. The van der Waals surface area contributed by atoms with Gasteiger partial charge in [-0.25, -0.2) is 19.2 Å². The minimum atomic E-state index is -4.54. The lowest BCUT2D eigenvalue weighted by atomic mass is 10.1. The van der Waals surface area contributed by atoms with E-state index in [-0.39, 0.29) is 41.5 Å². The van der Waals surface area contributed by atoms with Gasteiger partial charge in [0.15, 0.2) is 0 Å². The highest BCUT2D eigenvalue weighted by molar-refractivity contribution is 6.06. The number of aryl methyl sites for hydroxylation is 2. The highest BCUT2D eigenvalue weighted by Crippen LogP contribution is 2.28. The fourth-order valence-corrected chi connectivity index (χ4v) is 5.97. The van der Waals surface area contributed by atoms with Crippen LogP contribution in [-0.4, -0.2) is 67.4 Å². The number of nitrogens with two attached hydrogens (primary N) is 2. The highest BCUT2D eigenvalue weighted by Gasteiger charge is 2.32. The van der Waals surface area contributed by atoms with Crippen LogP contribution in [0.5, 0.6) is 0 Å². The van der Waals surface area contributed by atoms with Crippen molar-refractivity contribution in [3.05, 3.63) is 119 Å². The van der Waals surface area contributed by atoms with Gasteiger partial charge in [0, 0.05) is 36.3 Å². The third-order valence-corrected chi connectivity index (χ3v) is 8.92. The van der Waals surface area contributed by atoms with Crippen LogP contribution in [0, 0.1) is 5.82 Å². The number of pyridine rings is 1. The van der Waals surface area contributed by atoms with Crippen LogP contribution < -0.4 is 26.6 Å². The van der Waals surface area contributed by atoms with Crippen molar-refractivity contribution in [2.24, 2.45) is 21.5 Å². The van der Waals surface area contributed by atoms with E-state index < -0.39 is 17.8 Å². The molecule has 1 aromatic heterocycles. The molecule has 3 aliphatic heterocycles. The molecule has 0 spiro atoms. The number of nitrogens with zero attached hydrogens (tertiary/aromatic N) is 5. The number of aliphatic imine (C=N–C) groups is 2. The third-order valence-electron chi connectivity index (χ3n) is 8.92. The number of carbonyl (C=O) groups is 2. The molecule has 1 saturated heterocycles. The molecular weight excluding hydrogens is 708 g/mol. The molecule has 3 amide bonds. The standard InChI is InChI=1S/C20H21FN4O2.C18H17F3N4O2/c21-15-4-9-18(10-5-15)25-12-11-24(20(25)26)17-7-2-14(3-8-17)1-6-16-13-27-19(22)23-16;19-18(20,21)15-8-4-12(9-23-15)16(26)24-13-5-1-11(2-6-13)3-7-14-10-27-17(22)25-14/h2-5,7-10,16H,1,6,11-13H2,(H2,22,23);1-2,4-6,8-9,14H,3,7,10H2,(H2,22,25)(H,24,26)/t16-;14-/m00/s1. The van der Waals surface area contributed by atoms with E-state index in [1.807, 2.05) is 36.4 Å². The number of rotatable bonds is 10. The van der Waals surface area contributed by atoms with Crippen molar-refractivity contribution < 1.29 is 36.6 Å². The molecule has 282 valence electrons. The number of nitrogens with one attached hydrogen (secondary N) is 1. The number of benzene rings is 3. The second-order valence-electron chi connectivity index (χ2n) is 12.8. The fraction of sp³-hybridized carbons (Fsp3) is 0.289. The summed E-state index contributed by atoms with van der Waals surface area (Å²) in [6.07, 6.45) is -0.303. The smallest absolute Gasteiger partial charge is 0.433 e. The number of alkyl halides is 3. The van der Waals surface area contributed by atoms with Gasteiger partial charge in [0.25, 0.3) is 18.0 Å². The monoisotopic (exact) mass is 746 g/mol. The average Bonchev–Trinajstić information content (AvgIpc) is 3.90. The van der Waals surface area contributed by atoms with Gasteiger partial charge in [-0.3, -0.25) is 19.6 Å². The molecular formula is C38H38F4N8O4. The van der Waals surface area contributed by atoms with Crippen LogP contribution in [0.4, 0.5) is 39.4 Å². The summed E-state index contributed by atoms with van der Waals surface area (Å²) in [6, 6.07) is 23.6. The topological polar surface area (TPSA) is 161 Å². The number of ether oxygens (including phenoxy) is 2. The molecule has 0 unspecified atom stereocenters. The summed E-state index contributed by atoms with van der Waals surface area (Å²) < 4.78 is 60.9. The summed E-state index contributed by atoms with van der Waals surface area (Å²) in [5.41, 5.74) is 14.3. The van der Waals surface area contributed by atoms with Crippen LogP contribution >= 0.6 is 0 Å². The fourth-order valence-electron chi connectivity index (χ4n) is 5.97. The van der Waals surface area contributed by atoms with Crippen LogP contribution in [-0.2, 0) is 28.5 Å². The van der Waals surface area contributed by atoms with Crippen molar-refractivity contribution in [1.82, 2.24) is 4.98 Å². The summed E-state index contributed by atoms with van der Waals surface area (Å²) in [5.74, 6) is -0.840. The third kappa shape index (κ3) is 9.81. The van der Waals surface area contributed by atoms with E-state index in [0.29, 0.717) is 37.7 Å². The van der Waals surface area contributed by atoms with E-state index in [1.165, 1.54) is 17.7 Å². The van der Waals surface area contributed by atoms with Gasteiger partial charge in [-0.1, -0.05) is 24.3 Å². The van der Waals surface area contributed by atoms with Gasteiger partial charge in [0.05, 0.1) is 17.6 Å². The number of amides is 3. The first-order chi connectivity index (χ1) is 25.9. The van der Waals surface area contributed by atoms with Crippen molar-refractivity contribution in [2.45, 2.75) is 43.9 Å². The number of halogens is 4. The average molecular weight is 747 g/mol. The van der Waals surface area contributed by atoms with Gasteiger partial charge < -0.3 is 26.3 Å². The van der Waals surface area contributed by atoms with Crippen LogP contribution in [0.2, 0.25) is 0 Å². The van der Waals surface area contributed by atoms with Crippen molar-refractivity contribution >= 4 is 41.0 Å². The molecule has 5 N–H and O–H groups in total. The molecule has 0 bridgehead atoms. The second kappa shape index (κ2) is 16.7. The Morgan fingerprint density at radius 3 is 1.70 bits per heavy atom. The molecule has 1 fully saturated rings. The van der Waals surface area contributed by atoms with Crippen molar-refractivity contribution in [3.8, 4) is 0 Å². The van der Waals surface area contributed by atoms with Crippen molar-refractivity contribution in [3.63, 3.8) is 0 Å². The molecule has 12 nitrogen and oxygen atoms in total. The Kier molecular flexibility index (Phi) is 11.6. The van der Waals surface area contributed by atoms with Crippen LogP contribution in [0.25, 0.3) is 0 Å². The molecule has 0 radical (unpaired) electrons. The number of hydrogen-bond donors (Lipinski definition) is 3. The predicted octanol–water partition coefficient (Wildman–Crippen LogP) is 5.92. The lowest BCUT2D eigenvalue weighted by Crippen LogP contribution is -2.31. The zero-order valence-corrected chi connectivity index (χ0v) is 29.0. The number of carbonyl (C=O) groups excluding carboxylic acids is 2. The quantitative estimate of drug-likeness (QED) is 0.170. The molecule has 3 aromatic carbocycles. The zero-order chi connectivity index (χ0) is 38.2. The SMILES string of the molecule is NC1=N[C@@H](CCc2ccc(N3CCN(c4ccc(F)cc4)C3=O)cc2)CO1.NC1=N[C@@H](CCc2ccc(NC(=O)c3ccc(C(F)(F)F)nc3)cc2)CO1. The molecule has 4 heterocycles. The van der Waals surface area contributed by atoms with Gasteiger partial charge in [-0.05, 0) is 97.5 Å². The number of anilines is 3. The van der Waals surface area contributed by atoms with E-state index in [1.54, 1.807) is 34.1 Å². The maximum Gasteiger partial charge on any atom is 0.433 e. The van der Waals surface area contributed by atoms with Gasteiger partial charge in [0.2, 0.25) is 0 Å². The Morgan fingerprint density at radius 2 is 1.26 bits per heavy atom. The first-order valence-electron chi connectivity index (χ1n) is 17.2. The molecule has 3 aliphatic rings. The summed E-state index contributed by atoms with van der Waals surface area (Å²) in [7, 11) is 0. The molecule has 0 saturated carbocycles. The van der Waals surface area contributed by atoms with Crippen molar-refractivity contribution in [2.75, 3.05) is 41.4 Å². The van der Waals surface area contributed by atoms with E-state index in [4.69, 9.17) is 20.9 Å². The van der Waals surface area contributed by atoms with Gasteiger partial charge in [-0.15, -0.1) is 0 Å². The Hall–Kier alpha value is -6.19. The Morgan fingerprint density at radius 1 is 0.759 bits per heavy atom. The molecule has 2 atom stereocenters. The zero-order valence-electron chi connectivity index (χ0n) is 29.0. The van der Waals surface area contributed by atoms with Crippen LogP contribution in [0.1, 0.15) is 40.0 Å². The summed E-state index contributed by atoms with van der Waals surface area (Å²) in [5, 5.41) is 2.63. The maximum absolute atomic E-state index is 13.1. The highest BCUT2D eigenvalue weighted by atomic mass is 19.4. The Bertz CT molecular complexity index is 1970. The number of hydrogen-bond acceptors (Lipinski definition) is 9. The minimum absolute atomic E-state index is 0.0451. The molecule has 7 rings (SSSR count). The van der Waals surface area contributed by atoms with E-state index in [0.717, 1.165) is 55.3 Å². The van der Waals surface area contributed by atoms with Gasteiger partial charge in [0.1, 0.15) is 24.7 Å². The Labute approximate surface area is 308 Å². The van der Waals surface area contributed by atoms with Gasteiger partial charge in [-0.2, -0.15) is 13.2 Å². The van der Waals surface area contributed by atoms with E-state index in [9.17, 15) is 27.2 Å². The van der Waals surface area contributed by atoms with E-state index in [2.05, 4.69) is 20.3 Å². The summed E-state index contributed by atoms with van der Waals surface area (Å²) in [6.45, 7) is 2.21. The normalized spacial score (nSPS) is 18.0. The second-order valence-corrected chi connectivity index (χ2v) is 12.8. The predicted molar refractivity (Wildman–Crippen MR) is 196 cm³/mol. The number of amidine groups is 2. The first kappa shape index (κ1) is 37.6. The lowest BCUT2D eigenvalue weighted by molar-refractivity contribution is -0.141. The van der Waals surface area contributed by atoms with Crippen molar-refractivity contribution in [1.29, 1.82) is 0 Å². The number of aromatic nitrogens is 1.